The van der Waals surface area contributed by atoms with Gasteiger partial charge in [-0.1, -0.05) is 32.1 Å². The molecule has 1 aliphatic rings. The summed E-state index contributed by atoms with van der Waals surface area (Å²) in [5, 5.41) is 15.4. The van der Waals surface area contributed by atoms with Gasteiger partial charge in [0, 0.05) is 18.8 Å². The van der Waals surface area contributed by atoms with Crippen molar-refractivity contribution >= 4 is 12.1 Å². The zero-order chi connectivity index (χ0) is 14.2. The van der Waals surface area contributed by atoms with Crippen molar-refractivity contribution in [2.75, 3.05) is 0 Å². The molecule has 0 radical (unpaired) electrons. The van der Waals surface area contributed by atoms with Crippen LogP contribution in [0, 0.1) is 11.1 Å². The molecular weight excluding hydrogens is 254 g/mol. The topological polar surface area (TPSA) is 68.6 Å². The van der Waals surface area contributed by atoms with Crippen LogP contribution in [0.1, 0.15) is 50.5 Å². The van der Waals surface area contributed by atoms with Crippen LogP contribution in [-0.2, 0) is 4.79 Å². The van der Waals surface area contributed by atoms with E-state index in [4.69, 9.17) is 0 Å². The van der Waals surface area contributed by atoms with Crippen molar-refractivity contribution in [2.45, 2.75) is 44.9 Å². The minimum absolute atomic E-state index is 0.198. The van der Waals surface area contributed by atoms with E-state index in [1.165, 1.54) is 38.3 Å². The van der Waals surface area contributed by atoms with Gasteiger partial charge in [-0.15, -0.1) is 0 Å². The lowest BCUT2D eigenvalue weighted by Crippen LogP contribution is -2.20. The van der Waals surface area contributed by atoms with Gasteiger partial charge in [0.05, 0.1) is 6.21 Å². The fraction of sp³-hybridized carbons (Fsp3) is 0.533. The number of amides is 1. The Labute approximate surface area is 119 Å². The molecule has 1 saturated carbocycles. The molecule has 0 unspecified atom stereocenters. The van der Waals surface area contributed by atoms with Gasteiger partial charge < -0.3 is 10.4 Å². The van der Waals surface area contributed by atoms with E-state index in [9.17, 15) is 10.0 Å². The van der Waals surface area contributed by atoms with E-state index in [-0.39, 0.29) is 5.17 Å². The molecule has 20 heavy (non-hydrogen) atoms. The van der Waals surface area contributed by atoms with E-state index in [0.717, 1.165) is 12.0 Å². The van der Waals surface area contributed by atoms with Crippen molar-refractivity contribution in [1.29, 1.82) is 0 Å². The lowest BCUT2D eigenvalue weighted by atomic mass is 9.86. The van der Waals surface area contributed by atoms with Gasteiger partial charge >= 0.3 is 0 Å². The van der Waals surface area contributed by atoms with Crippen molar-refractivity contribution in [3.05, 3.63) is 35.3 Å². The first kappa shape index (κ1) is 14.7. The number of hydrogen-bond donors (Lipinski definition) is 0. The molecular formula is C15H20N3O2-. The first-order chi connectivity index (χ1) is 9.75. The molecule has 0 atom stereocenters. The number of carbonyl (C=O) groups is 1. The average molecular weight is 274 g/mol. The Morgan fingerprint density at radius 3 is 2.75 bits per heavy atom. The normalized spacial score (nSPS) is 16.4. The Morgan fingerprint density at radius 2 is 2.05 bits per heavy atom. The summed E-state index contributed by atoms with van der Waals surface area (Å²) in [6.07, 6.45) is 11.9. The molecule has 0 bridgehead atoms. The van der Waals surface area contributed by atoms with Gasteiger partial charge in [-0.25, -0.2) is 0 Å². The molecule has 0 aliphatic heterocycles. The molecule has 0 saturated heterocycles. The predicted octanol–water partition coefficient (Wildman–Crippen LogP) is 3.10. The number of rotatable bonds is 5. The fourth-order valence-electron chi connectivity index (χ4n) is 2.53. The van der Waals surface area contributed by atoms with Crippen LogP contribution in [0.25, 0.3) is 0 Å². The van der Waals surface area contributed by atoms with Crippen molar-refractivity contribution in [3.63, 3.8) is 0 Å². The lowest BCUT2D eigenvalue weighted by Gasteiger charge is -2.25. The molecule has 1 aromatic heterocycles. The van der Waals surface area contributed by atoms with E-state index in [2.05, 4.69) is 10.1 Å². The standard InChI is InChI=1S/C15H20N3O2/c19-15(7-6-13-4-2-1-3-5-13)18(20)17-12-14-8-10-16-11-9-14/h8-13H,1-7H2/q-1. The monoisotopic (exact) mass is 274 g/mol. The van der Waals surface area contributed by atoms with Crippen LogP contribution in [0.3, 0.4) is 0 Å². The third kappa shape index (κ3) is 4.74. The second kappa shape index (κ2) is 7.75. The van der Waals surface area contributed by atoms with E-state index in [1.54, 1.807) is 24.5 Å². The molecule has 5 nitrogen and oxygen atoms in total. The van der Waals surface area contributed by atoms with Gasteiger partial charge in [-0.05, 0) is 30.0 Å². The smallest absolute Gasteiger partial charge is 0.232 e. The second-order valence-corrected chi connectivity index (χ2v) is 5.23. The van der Waals surface area contributed by atoms with Crippen LogP contribution in [0.15, 0.2) is 29.6 Å². The summed E-state index contributed by atoms with van der Waals surface area (Å²) in [4.78, 5) is 15.6. The summed E-state index contributed by atoms with van der Waals surface area (Å²) in [6, 6.07) is 3.45. The van der Waals surface area contributed by atoms with Gasteiger partial charge in [0.1, 0.15) is 0 Å². The molecule has 0 N–H and O–H groups in total. The first-order valence-corrected chi connectivity index (χ1v) is 7.20. The molecule has 1 aliphatic carbocycles. The van der Waals surface area contributed by atoms with Gasteiger partial charge in [0.25, 0.3) is 0 Å². The summed E-state index contributed by atoms with van der Waals surface area (Å²) in [6.45, 7) is 0. The van der Waals surface area contributed by atoms with E-state index in [1.807, 2.05) is 0 Å². The van der Waals surface area contributed by atoms with Gasteiger partial charge in [0.15, 0.2) is 0 Å². The number of hydrazone groups is 1. The number of pyridine rings is 1. The number of hydrogen-bond acceptors (Lipinski definition) is 4. The summed E-state index contributed by atoms with van der Waals surface area (Å²) in [5.41, 5.74) is 0.751. The highest BCUT2D eigenvalue weighted by molar-refractivity contribution is 5.82. The zero-order valence-corrected chi connectivity index (χ0v) is 11.6. The molecule has 1 heterocycles. The first-order valence-electron chi connectivity index (χ1n) is 7.20. The van der Waals surface area contributed by atoms with Crippen molar-refractivity contribution in [1.82, 2.24) is 10.2 Å². The summed E-state index contributed by atoms with van der Waals surface area (Å²) < 4.78 is 0. The van der Waals surface area contributed by atoms with Crippen LogP contribution in [0.4, 0.5) is 0 Å². The Balaban J connectivity index is 1.75. The second-order valence-electron chi connectivity index (χ2n) is 5.23. The summed E-state index contributed by atoms with van der Waals surface area (Å²) in [5.74, 6) is 0.145. The lowest BCUT2D eigenvalue weighted by molar-refractivity contribution is -0.129. The Bertz CT molecular complexity index is 442. The number of hydroxylamine groups is 1. The van der Waals surface area contributed by atoms with Crippen LogP contribution in [-0.4, -0.2) is 22.3 Å². The van der Waals surface area contributed by atoms with Crippen LogP contribution >= 0.6 is 0 Å². The Morgan fingerprint density at radius 1 is 1.35 bits per heavy atom. The fourth-order valence-corrected chi connectivity index (χ4v) is 2.53. The molecule has 2 rings (SSSR count). The number of nitrogens with zero attached hydrogens (tertiary/aromatic N) is 3. The number of carbonyl (C=O) groups excluding carboxylic acids is 1. The molecule has 5 heteroatoms. The largest absolute Gasteiger partial charge is 0.735 e. The van der Waals surface area contributed by atoms with Crippen LogP contribution < -0.4 is 0 Å². The maximum atomic E-state index is 11.7. The molecule has 108 valence electrons. The predicted molar refractivity (Wildman–Crippen MR) is 77.9 cm³/mol. The Hall–Kier alpha value is -1.75. The number of aromatic nitrogens is 1. The minimum Gasteiger partial charge on any atom is -0.735 e. The minimum atomic E-state index is -0.458. The van der Waals surface area contributed by atoms with E-state index >= 15 is 0 Å². The quantitative estimate of drug-likeness (QED) is 0.612. The molecule has 0 spiro atoms. The van der Waals surface area contributed by atoms with E-state index < -0.39 is 5.91 Å². The highest BCUT2D eigenvalue weighted by Crippen LogP contribution is 2.27. The third-order valence-corrected chi connectivity index (χ3v) is 3.72. The molecule has 1 amide bonds. The van der Waals surface area contributed by atoms with Crippen molar-refractivity contribution in [3.8, 4) is 0 Å². The van der Waals surface area contributed by atoms with Crippen molar-refractivity contribution < 1.29 is 4.79 Å². The summed E-state index contributed by atoms with van der Waals surface area (Å²) in [7, 11) is 0. The van der Waals surface area contributed by atoms with Gasteiger partial charge in [-0.2, -0.15) is 5.10 Å². The maximum Gasteiger partial charge on any atom is 0.232 e. The van der Waals surface area contributed by atoms with Gasteiger partial charge in [0.2, 0.25) is 5.91 Å². The highest BCUT2D eigenvalue weighted by Gasteiger charge is 2.15. The van der Waals surface area contributed by atoms with Gasteiger partial charge in [-0.3, -0.25) is 9.78 Å². The molecule has 1 fully saturated rings. The van der Waals surface area contributed by atoms with Crippen LogP contribution in [0.2, 0.25) is 0 Å². The third-order valence-electron chi connectivity index (χ3n) is 3.72. The highest BCUT2D eigenvalue weighted by atomic mass is 16.5. The summed E-state index contributed by atoms with van der Waals surface area (Å²) >= 11 is 0. The van der Waals surface area contributed by atoms with Crippen molar-refractivity contribution in [2.24, 2.45) is 11.0 Å². The molecule has 0 aromatic carbocycles. The average Bonchev–Trinajstić information content (AvgIpc) is 2.52. The zero-order valence-electron chi connectivity index (χ0n) is 11.6. The maximum absolute atomic E-state index is 11.7. The SMILES string of the molecule is O=C(CCC1CCCCC1)N([O-])N=Cc1ccncc1. The Kier molecular flexibility index (Phi) is 5.68. The van der Waals surface area contributed by atoms with Crippen LogP contribution in [0.5, 0.6) is 0 Å². The molecule has 1 aromatic rings. The van der Waals surface area contributed by atoms with E-state index in [0.29, 0.717) is 12.3 Å².